The number of benzene rings is 2. The topological polar surface area (TPSA) is 47.7 Å². The van der Waals surface area contributed by atoms with Crippen LogP contribution >= 0.6 is 0 Å². The number of methoxy groups -OCH3 is 2. The molecule has 2 rings (SSSR count). The maximum atomic E-state index is 6.06. The number of nitrogen functional groups attached to an aromatic ring is 1. The van der Waals surface area contributed by atoms with Crippen LogP contribution in [-0.4, -0.2) is 21.3 Å². The molecule has 0 fully saturated rings. The third-order valence-electron chi connectivity index (χ3n) is 3.26. The highest BCUT2D eigenvalue weighted by atomic mass is 16.5. The normalized spacial score (nSPS) is 10.2. The molecule has 20 heavy (non-hydrogen) atoms. The lowest BCUT2D eigenvalue weighted by molar-refractivity contribution is 0.414. The predicted octanol–water partition coefficient (Wildman–Crippen LogP) is 2.92. The van der Waals surface area contributed by atoms with Crippen LogP contribution in [0.3, 0.4) is 0 Å². The number of hydrogen-bond acceptors (Lipinski definition) is 4. The molecule has 2 N–H and O–H groups in total. The highest BCUT2D eigenvalue weighted by Gasteiger charge is 2.10. The molecule has 0 amide bonds. The largest absolute Gasteiger partial charge is 0.497 e. The smallest absolute Gasteiger partial charge is 0.142 e. The Kier molecular flexibility index (Phi) is 4.35. The van der Waals surface area contributed by atoms with Crippen molar-refractivity contribution in [2.75, 3.05) is 31.9 Å². The fraction of sp³-hybridized carbons (Fsp3) is 0.250. The summed E-state index contributed by atoms with van der Waals surface area (Å²) in [4.78, 5) is 2.11. The average molecular weight is 272 g/mol. The van der Waals surface area contributed by atoms with Crippen molar-refractivity contribution in [3.05, 3.63) is 48.0 Å². The van der Waals surface area contributed by atoms with Gasteiger partial charge in [0.2, 0.25) is 0 Å². The predicted molar refractivity (Wildman–Crippen MR) is 82.5 cm³/mol. The van der Waals surface area contributed by atoms with Crippen LogP contribution in [0, 0.1) is 0 Å². The van der Waals surface area contributed by atoms with Gasteiger partial charge in [-0.2, -0.15) is 0 Å². The van der Waals surface area contributed by atoms with E-state index >= 15 is 0 Å². The zero-order valence-corrected chi connectivity index (χ0v) is 12.1. The standard InChI is InChI=1S/C16H20N2O2/c1-18(15-6-4-5-7-16(15)20-3)11-12-8-9-13(19-2)10-14(12)17/h4-10H,11,17H2,1-3H3. The minimum atomic E-state index is 0.705. The van der Waals surface area contributed by atoms with Gasteiger partial charge in [0.1, 0.15) is 11.5 Å². The lowest BCUT2D eigenvalue weighted by Gasteiger charge is -2.22. The summed E-state index contributed by atoms with van der Waals surface area (Å²) < 4.78 is 10.5. The van der Waals surface area contributed by atoms with E-state index in [1.54, 1.807) is 14.2 Å². The highest BCUT2D eigenvalue weighted by molar-refractivity contribution is 5.60. The van der Waals surface area contributed by atoms with Crippen LogP contribution in [-0.2, 0) is 6.54 Å². The summed E-state index contributed by atoms with van der Waals surface area (Å²) in [6.07, 6.45) is 0. The highest BCUT2D eigenvalue weighted by Crippen LogP contribution is 2.29. The Bertz CT molecular complexity index is 584. The molecule has 0 saturated heterocycles. The van der Waals surface area contributed by atoms with Crippen molar-refractivity contribution >= 4 is 11.4 Å². The molecular formula is C16H20N2O2. The van der Waals surface area contributed by atoms with E-state index in [1.807, 2.05) is 49.5 Å². The summed E-state index contributed by atoms with van der Waals surface area (Å²) in [5.41, 5.74) is 8.87. The van der Waals surface area contributed by atoms with Crippen LogP contribution in [0.2, 0.25) is 0 Å². The lowest BCUT2D eigenvalue weighted by atomic mass is 10.1. The quantitative estimate of drug-likeness (QED) is 0.850. The molecule has 0 heterocycles. The Morgan fingerprint density at radius 2 is 1.80 bits per heavy atom. The SMILES string of the molecule is COc1ccc(CN(C)c2ccccc2OC)c(N)c1. The molecule has 0 unspecified atom stereocenters. The Hall–Kier alpha value is -2.36. The van der Waals surface area contributed by atoms with Gasteiger partial charge in [0, 0.05) is 25.3 Å². The molecule has 0 atom stereocenters. The molecular weight excluding hydrogens is 252 g/mol. The number of para-hydroxylation sites is 2. The third kappa shape index (κ3) is 2.96. The summed E-state index contributed by atoms with van der Waals surface area (Å²) in [5.74, 6) is 1.62. The van der Waals surface area contributed by atoms with E-state index in [0.29, 0.717) is 6.54 Å². The van der Waals surface area contributed by atoms with E-state index in [1.165, 1.54) is 0 Å². The van der Waals surface area contributed by atoms with Gasteiger partial charge < -0.3 is 20.1 Å². The van der Waals surface area contributed by atoms with Crippen LogP contribution in [0.4, 0.5) is 11.4 Å². The Morgan fingerprint density at radius 3 is 2.45 bits per heavy atom. The Balaban J connectivity index is 2.21. The second kappa shape index (κ2) is 6.19. The van der Waals surface area contributed by atoms with Gasteiger partial charge >= 0.3 is 0 Å². The molecule has 4 nitrogen and oxygen atoms in total. The first-order valence-corrected chi connectivity index (χ1v) is 6.42. The van der Waals surface area contributed by atoms with Crippen LogP contribution in [0.15, 0.2) is 42.5 Å². The summed E-state index contributed by atoms with van der Waals surface area (Å²) in [6, 6.07) is 13.7. The van der Waals surface area contributed by atoms with Crippen LogP contribution in [0.25, 0.3) is 0 Å². The number of rotatable bonds is 5. The molecule has 2 aromatic rings. The van der Waals surface area contributed by atoms with Gasteiger partial charge in [-0.05, 0) is 23.8 Å². The number of nitrogens with zero attached hydrogens (tertiary/aromatic N) is 1. The van der Waals surface area contributed by atoms with Crippen LogP contribution in [0.5, 0.6) is 11.5 Å². The second-order valence-corrected chi connectivity index (χ2v) is 4.59. The first kappa shape index (κ1) is 14.1. The van der Waals surface area contributed by atoms with Crippen molar-refractivity contribution in [3.8, 4) is 11.5 Å². The first-order chi connectivity index (χ1) is 9.65. The second-order valence-electron chi connectivity index (χ2n) is 4.59. The summed E-state index contributed by atoms with van der Waals surface area (Å²) in [5, 5.41) is 0. The van der Waals surface area contributed by atoms with Gasteiger partial charge in [-0.3, -0.25) is 0 Å². The van der Waals surface area contributed by atoms with Crippen molar-refractivity contribution in [2.24, 2.45) is 0 Å². The number of ether oxygens (including phenoxy) is 2. The van der Waals surface area contributed by atoms with E-state index in [9.17, 15) is 0 Å². The molecule has 0 radical (unpaired) electrons. The molecule has 106 valence electrons. The van der Waals surface area contributed by atoms with Gasteiger partial charge in [-0.15, -0.1) is 0 Å². The third-order valence-corrected chi connectivity index (χ3v) is 3.26. The van der Waals surface area contributed by atoms with Gasteiger partial charge in [0.15, 0.2) is 0 Å². The summed E-state index contributed by atoms with van der Waals surface area (Å²) >= 11 is 0. The van der Waals surface area contributed by atoms with Crippen LogP contribution < -0.4 is 20.1 Å². The zero-order valence-electron chi connectivity index (χ0n) is 12.1. The van der Waals surface area contributed by atoms with Crippen molar-refractivity contribution in [1.29, 1.82) is 0 Å². The minimum Gasteiger partial charge on any atom is -0.497 e. The monoisotopic (exact) mass is 272 g/mol. The Labute approximate surface area is 119 Å². The molecule has 4 heteroatoms. The summed E-state index contributed by atoms with van der Waals surface area (Å²) in [6.45, 7) is 0.705. The van der Waals surface area contributed by atoms with Crippen LogP contribution in [0.1, 0.15) is 5.56 Å². The molecule has 0 spiro atoms. The zero-order chi connectivity index (χ0) is 14.5. The maximum absolute atomic E-state index is 6.06. The van der Waals surface area contributed by atoms with Gasteiger partial charge in [-0.25, -0.2) is 0 Å². The van der Waals surface area contributed by atoms with Crippen molar-refractivity contribution < 1.29 is 9.47 Å². The van der Waals surface area contributed by atoms with E-state index in [0.717, 1.165) is 28.4 Å². The lowest BCUT2D eigenvalue weighted by Crippen LogP contribution is -2.18. The van der Waals surface area contributed by atoms with Crippen molar-refractivity contribution in [3.63, 3.8) is 0 Å². The van der Waals surface area contributed by atoms with E-state index in [2.05, 4.69) is 4.90 Å². The molecule has 2 aromatic carbocycles. The fourth-order valence-electron chi connectivity index (χ4n) is 2.13. The average Bonchev–Trinajstić information content (AvgIpc) is 2.49. The van der Waals surface area contributed by atoms with Crippen molar-refractivity contribution in [2.45, 2.75) is 6.54 Å². The van der Waals surface area contributed by atoms with Gasteiger partial charge in [-0.1, -0.05) is 18.2 Å². The Morgan fingerprint density at radius 1 is 1.05 bits per heavy atom. The number of hydrogen-bond donors (Lipinski definition) is 1. The number of nitrogens with two attached hydrogens (primary N) is 1. The van der Waals surface area contributed by atoms with Gasteiger partial charge in [0.05, 0.1) is 19.9 Å². The molecule has 0 aliphatic heterocycles. The molecule has 0 aliphatic carbocycles. The summed E-state index contributed by atoms with van der Waals surface area (Å²) in [7, 11) is 5.32. The van der Waals surface area contributed by atoms with E-state index < -0.39 is 0 Å². The van der Waals surface area contributed by atoms with Crippen molar-refractivity contribution in [1.82, 2.24) is 0 Å². The minimum absolute atomic E-state index is 0.705. The number of anilines is 2. The first-order valence-electron chi connectivity index (χ1n) is 6.42. The molecule has 0 bridgehead atoms. The van der Waals surface area contributed by atoms with E-state index in [4.69, 9.17) is 15.2 Å². The maximum Gasteiger partial charge on any atom is 0.142 e. The fourth-order valence-corrected chi connectivity index (χ4v) is 2.13. The molecule has 0 aliphatic rings. The molecule has 0 saturated carbocycles. The molecule has 0 aromatic heterocycles. The van der Waals surface area contributed by atoms with Gasteiger partial charge in [0.25, 0.3) is 0 Å². The van der Waals surface area contributed by atoms with E-state index in [-0.39, 0.29) is 0 Å².